The number of non-ortho nitro benzene ring substituents is 4. The SMILES string of the molecule is Nc1nc(-c2csc(N)n2)cs1.Nc1nc(-c2csc(N)n2)cs1.O.O.O=C([O-])c1ccc([N+](=O)[O-])cc1.O=C([O-])c1ccc([N+](=O)[O-])cc1.O=C([O-])c1ccc([N+](=O)[O-])cc1.O=C([O-])c1ccc([N+](=O)[O-])cc1.[Cd+2].[Cd+2].[OH3+].[OH3+]. The van der Waals surface area contributed by atoms with Gasteiger partial charge in [0.15, 0.2) is 20.5 Å². The van der Waals surface area contributed by atoms with Gasteiger partial charge in [0.05, 0.1) is 43.6 Å². The van der Waals surface area contributed by atoms with Crippen LogP contribution in [0.25, 0.3) is 22.8 Å². The summed E-state index contributed by atoms with van der Waals surface area (Å²) in [5.41, 5.74) is 24.3. The Kier molecular flexibility index (Phi) is 36.7. The molecule has 0 aliphatic heterocycles. The van der Waals surface area contributed by atoms with E-state index in [0.717, 1.165) is 120 Å². The predicted molar refractivity (Wildman–Crippen MR) is 271 cm³/mol. The number of carbonyl (C=O) groups is 4. The molecule has 78 heavy (non-hydrogen) atoms. The number of nitrogens with zero attached hydrogens (tertiary/aromatic N) is 8. The Hall–Kier alpha value is -8.24. The molecule has 8 aromatic rings. The molecule has 0 unspecified atom stereocenters. The Bertz CT molecular complexity index is 2630. The van der Waals surface area contributed by atoms with Gasteiger partial charge in [-0.1, -0.05) is 0 Å². The largest absolute Gasteiger partial charge is 2.00 e. The zero-order valence-electron chi connectivity index (χ0n) is 39.2. The fraction of sp³-hybridized carbons (Fsp3) is 0. The minimum absolute atomic E-state index is 0. The molecule has 0 spiro atoms. The van der Waals surface area contributed by atoms with Crippen LogP contribution in [0, 0.1) is 40.5 Å². The molecule has 8 rings (SSSR count). The number of aromatic carboxylic acids is 4. The van der Waals surface area contributed by atoms with Crippen LogP contribution in [0.2, 0.25) is 0 Å². The Labute approximate surface area is 491 Å². The summed E-state index contributed by atoms with van der Waals surface area (Å²) < 4.78 is 0. The first-order chi connectivity index (χ1) is 33.9. The number of nitro benzene ring substituents is 4. The van der Waals surface area contributed by atoms with E-state index >= 15 is 0 Å². The van der Waals surface area contributed by atoms with Crippen molar-refractivity contribution in [2.75, 3.05) is 22.9 Å². The number of hydrogen-bond acceptors (Lipinski definition) is 28. The number of hydrogen-bond donors (Lipinski definition) is 4. The van der Waals surface area contributed by atoms with Crippen molar-refractivity contribution in [3.63, 3.8) is 0 Å². The van der Waals surface area contributed by atoms with Gasteiger partial charge in [0, 0.05) is 70.1 Å². The number of nitrogens with two attached hydrogens (primary N) is 4. The van der Waals surface area contributed by atoms with Gasteiger partial charge in [0.1, 0.15) is 22.8 Å². The number of benzene rings is 4. The van der Waals surface area contributed by atoms with Gasteiger partial charge in [-0.05, 0) is 70.8 Å². The number of carboxylic acids is 4. The molecule has 0 fully saturated rings. The minimum Gasteiger partial charge on any atom is -0.545 e. The van der Waals surface area contributed by atoms with Crippen molar-refractivity contribution in [3.05, 3.63) is 181 Å². The predicted octanol–water partition coefficient (Wildman–Crippen LogP) is -0.803. The van der Waals surface area contributed by atoms with Gasteiger partial charge >= 0.3 is 54.6 Å². The molecule has 4 aromatic heterocycles. The van der Waals surface area contributed by atoms with E-state index < -0.39 is 43.6 Å². The zero-order valence-corrected chi connectivity index (χ0v) is 50.5. The second kappa shape index (κ2) is 37.5. The Morgan fingerprint density at radius 3 is 0.577 bits per heavy atom. The standard InChI is InChI=1S/4C7H5NO4.2C6H6N4S2.2Cd.4H2O/c4*9-7(10)5-1-3-6(4-2-5)8(11)12;2*7-5-9-3(1-11-5)4-2-12-6(8)10-4;;;;;;/h4*1-4H,(H,9,10);2*1-2H,(H2,7,9)(H2,8,10);;;4*1H2/q;;;;;;2*+2;;;;/p-2. The molecular formula is C40H38Cd2N12O20S4+2. The zero-order chi connectivity index (χ0) is 53.7. The third-order valence-corrected chi connectivity index (χ3v) is 10.6. The second-order valence-electron chi connectivity index (χ2n) is 12.6. The summed E-state index contributed by atoms with van der Waals surface area (Å²) in [6, 6.07) is 18.0. The van der Waals surface area contributed by atoms with Gasteiger partial charge in [-0.25, -0.2) is 19.9 Å². The van der Waals surface area contributed by atoms with Gasteiger partial charge in [-0.2, -0.15) is 0 Å². The van der Waals surface area contributed by atoms with Crippen molar-refractivity contribution in [1.29, 1.82) is 0 Å². The van der Waals surface area contributed by atoms with E-state index in [0.29, 0.717) is 20.5 Å². The molecule has 0 saturated carbocycles. The van der Waals surface area contributed by atoms with Crippen LogP contribution in [-0.4, -0.2) is 74.5 Å². The molecule has 0 saturated heterocycles. The third-order valence-electron chi connectivity index (χ3n) is 7.87. The van der Waals surface area contributed by atoms with Crippen molar-refractivity contribution in [2.24, 2.45) is 0 Å². The van der Waals surface area contributed by atoms with Crippen LogP contribution in [-0.2, 0) is 65.5 Å². The van der Waals surface area contributed by atoms with Crippen molar-refractivity contribution >= 4 is 113 Å². The number of nitrogen functional groups attached to an aromatic ring is 4. The summed E-state index contributed by atoms with van der Waals surface area (Å²) in [7, 11) is 0. The fourth-order valence-electron chi connectivity index (χ4n) is 4.50. The van der Waals surface area contributed by atoms with E-state index in [1.165, 1.54) is 45.3 Å². The van der Waals surface area contributed by atoms with Crippen LogP contribution < -0.4 is 43.4 Å². The number of rotatable bonds is 10. The van der Waals surface area contributed by atoms with Crippen LogP contribution in [0.4, 0.5) is 43.3 Å². The molecule has 0 bridgehead atoms. The topological polar surface area (TPSA) is 618 Å². The number of thiazole rings is 4. The first-order valence-corrected chi connectivity index (χ1v) is 22.1. The summed E-state index contributed by atoms with van der Waals surface area (Å²) in [6.45, 7) is 0. The summed E-state index contributed by atoms with van der Waals surface area (Å²) in [5, 5.41) is 91.0. The smallest absolute Gasteiger partial charge is 0.545 e. The first kappa shape index (κ1) is 76.3. The van der Waals surface area contributed by atoms with Crippen molar-refractivity contribution in [1.82, 2.24) is 19.9 Å². The molecule has 18 N–H and O–H groups in total. The van der Waals surface area contributed by atoms with Gasteiger partial charge in [0.25, 0.3) is 22.7 Å². The van der Waals surface area contributed by atoms with E-state index in [-0.39, 0.29) is 122 Å². The number of aromatic nitrogens is 4. The second-order valence-corrected chi connectivity index (χ2v) is 16.2. The molecule has 0 aliphatic rings. The normalized spacial score (nSPS) is 8.92. The van der Waals surface area contributed by atoms with Crippen LogP contribution in [0.1, 0.15) is 41.4 Å². The van der Waals surface area contributed by atoms with E-state index in [2.05, 4.69) is 19.9 Å². The van der Waals surface area contributed by atoms with Crippen LogP contribution >= 0.6 is 45.3 Å². The number of carbonyl (C=O) groups excluding carboxylic acids is 4. The fourth-order valence-corrected chi connectivity index (χ4v) is 6.73. The molecule has 4 heterocycles. The molecule has 38 heteroatoms. The van der Waals surface area contributed by atoms with Crippen molar-refractivity contribution in [3.8, 4) is 22.8 Å². The first-order valence-electron chi connectivity index (χ1n) is 18.6. The molecule has 0 atom stereocenters. The summed E-state index contributed by atoms with van der Waals surface area (Å²) in [4.78, 5) is 95.2. The maximum Gasteiger partial charge on any atom is 2.00 e. The molecule has 0 radical (unpaired) electrons. The maximum atomic E-state index is 10.2. The summed E-state index contributed by atoms with van der Waals surface area (Å²) in [6.07, 6.45) is 0. The molecular weight excluding hydrogens is 1320 g/mol. The average molecular weight is 1360 g/mol. The van der Waals surface area contributed by atoms with Crippen LogP contribution in [0.3, 0.4) is 0 Å². The quantitative estimate of drug-likeness (QED) is 0.0563. The van der Waals surface area contributed by atoms with Crippen LogP contribution in [0.5, 0.6) is 0 Å². The molecule has 404 valence electrons. The average Bonchev–Trinajstić information content (AvgIpc) is 4.19. The molecule has 32 nitrogen and oxygen atoms in total. The molecule has 0 aliphatic carbocycles. The Morgan fingerprint density at radius 2 is 0.487 bits per heavy atom. The Morgan fingerprint density at radius 1 is 0.346 bits per heavy atom. The van der Waals surface area contributed by atoms with Gasteiger partial charge in [-0.3, -0.25) is 40.5 Å². The minimum atomic E-state index is -1.34. The molecule has 0 amide bonds. The van der Waals surface area contributed by atoms with E-state index in [1.54, 1.807) is 0 Å². The number of anilines is 4. The van der Waals surface area contributed by atoms with Crippen molar-refractivity contribution in [2.45, 2.75) is 0 Å². The van der Waals surface area contributed by atoms with E-state index in [9.17, 15) is 80.1 Å². The van der Waals surface area contributed by atoms with Gasteiger partial charge < -0.3 is 84.4 Å². The van der Waals surface area contributed by atoms with E-state index in [4.69, 9.17) is 22.9 Å². The Balaban J connectivity index is -0.000000415. The van der Waals surface area contributed by atoms with Crippen LogP contribution in [0.15, 0.2) is 119 Å². The summed E-state index contributed by atoms with van der Waals surface area (Å²) >= 11 is 5.60. The summed E-state index contributed by atoms with van der Waals surface area (Å²) in [5.74, 6) is -5.37. The van der Waals surface area contributed by atoms with Gasteiger partial charge in [-0.15, -0.1) is 45.3 Å². The third kappa shape index (κ3) is 26.0. The van der Waals surface area contributed by atoms with E-state index in [1.807, 2.05) is 21.5 Å². The molecule has 4 aromatic carbocycles. The maximum absolute atomic E-state index is 10.2. The number of carboxylic acid groups (broad SMARTS) is 4. The van der Waals surface area contributed by atoms with Gasteiger partial charge in [0.2, 0.25) is 0 Å². The number of nitro groups is 4. The van der Waals surface area contributed by atoms with Crippen molar-refractivity contribution < 1.29 is 136 Å². The monoisotopic (exact) mass is 1360 g/mol.